The van der Waals surface area contributed by atoms with Crippen LogP contribution in [-0.2, 0) is 32.7 Å². The molecule has 0 spiro atoms. The molecule has 2 rings (SSSR count). The maximum absolute atomic E-state index is 12.7. The zero-order valence-electron chi connectivity index (χ0n) is 10.4. The smallest absolute Gasteiger partial charge is 0.256 e. The van der Waals surface area contributed by atoms with E-state index in [1.807, 2.05) is 0 Å². The predicted molar refractivity (Wildman–Crippen MR) is 77.0 cm³/mol. The normalized spacial score (nSPS) is 14.8. The van der Waals surface area contributed by atoms with E-state index in [2.05, 4.69) is 28.6 Å². The summed E-state index contributed by atoms with van der Waals surface area (Å²) in [5, 5.41) is 0.594. The molecular formula is C14H10BrClF2NY-. The van der Waals surface area contributed by atoms with Crippen LogP contribution in [0.5, 0.6) is 0 Å². The van der Waals surface area contributed by atoms with Crippen LogP contribution < -0.4 is 0 Å². The summed E-state index contributed by atoms with van der Waals surface area (Å²) in [6.07, 6.45) is 2.20. The standard InChI is InChI=1S/C14H10BrClF2N.Y/c1-9-12(15)6-7-13(19(9)8-14(17)18)10-2-4-11(16)5-3-10;/h2-6,14H,1,8H2;/q-1;. The molecule has 103 valence electrons. The third kappa shape index (κ3) is 4.23. The zero-order valence-corrected chi connectivity index (χ0v) is 15.6. The van der Waals surface area contributed by atoms with E-state index in [0.29, 0.717) is 20.9 Å². The topological polar surface area (TPSA) is 3.24 Å². The van der Waals surface area contributed by atoms with Gasteiger partial charge in [-0.15, -0.1) is 28.1 Å². The van der Waals surface area contributed by atoms with Crippen molar-refractivity contribution >= 4 is 33.2 Å². The van der Waals surface area contributed by atoms with Crippen molar-refractivity contribution in [3.63, 3.8) is 0 Å². The van der Waals surface area contributed by atoms with Crippen LogP contribution in [0.4, 0.5) is 8.78 Å². The van der Waals surface area contributed by atoms with Crippen LogP contribution in [0.15, 0.2) is 47.1 Å². The molecule has 6 heteroatoms. The molecule has 1 aliphatic rings. The second-order valence-electron chi connectivity index (χ2n) is 3.94. The van der Waals surface area contributed by atoms with Crippen LogP contribution in [0.1, 0.15) is 5.56 Å². The fraction of sp³-hybridized carbons (Fsp3) is 0.143. The summed E-state index contributed by atoms with van der Waals surface area (Å²) in [5.74, 6) is 0. The third-order valence-corrected chi connectivity index (χ3v) is 3.58. The predicted octanol–water partition coefficient (Wildman–Crippen LogP) is 4.85. The van der Waals surface area contributed by atoms with Crippen molar-refractivity contribution in [3.05, 3.63) is 63.8 Å². The molecule has 1 radical (unpaired) electrons. The van der Waals surface area contributed by atoms with Gasteiger partial charge in [-0.1, -0.05) is 46.1 Å². The van der Waals surface area contributed by atoms with E-state index in [4.69, 9.17) is 11.6 Å². The molecule has 0 bridgehead atoms. The molecule has 0 aliphatic carbocycles. The summed E-state index contributed by atoms with van der Waals surface area (Å²) in [7, 11) is 0. The summed E-state index contributed by atoms with van der Waals surface area (Å²) in [6, 6.07) is 6.96. The van der Waals surface area contributed by atoms with Crippen molar-refractivity contribution < 1.29 is 41.5 Å². The van der Waals surface area contributed by atoms with Gasteiger partial charge in [0.05, 0.1) is 6.54 Å². The fourth-order valence-corrected chi connectivity index (χ4v) is 2.20. The quantitative estimate of drug-likeness (QED) is 0.615. The number of alkyl halides is 2. The fourth-order valence-electron chi connectivity index (χ4n) is 1.74. The molecule has 1 heterocycles. The number of hydrogen-bond donors (Lipinski definition) is 0. The molecule has 0 unspecified atom stereocenters. The summed E-state index contributed by atoms with van der Waals surface area (Å²) in [6.45, 7) is 3.39. The van der Waals surface area contributed by atoms with Gasteiger partial charge in [0.15, 0.2) is 0 Å². The average molecular weight is 435 g/mol. The van der Waals surface area contributed by atoms with Crippen LogP contribution in [0, 0.1) is 6.08 Å². The Hall–Kier alpha value is -0.0261. The first-order valence-electron chi connectivity index (χ1n) is 5.49. The Labute approximate surface area is 155 Å². The first-order valence-corrected chi connectivity index (χ1v) is 6.66. The minimum absolute atomic E-state index is 0. The van der Waals surface area contributed by atoms with E-state index in [0.717, 1.165) is 5.56 Å². The minimum Gasteiger partial charge on any atom is -0.369 e. The number of halogens is 4. The van der Waals surface area contributed by atoms with Gasteiger partial charge >= 0.3 is 0 Å². The number of rotatable bonds is 3. The van der Waals surface area contributed by atoms with Crippen molar-refractivity contribution in [1.29, 1.82) is 0 Å². The average Bonchev–Trinajstić information content (AvgIpc) is 2.36. The van der Waals surface area contributed by atoms with Gasteiger partial charge in [0.1, 0.15) is 0 Å². The van der Waals surface area contributed by atoms with Gasteiger partial charge in [0.2, 0.25) is 0 Å². The van der Waals surface area contributed by atoms with Crippen LogP contribution in [0.3, 0.4) is 0 Å². The second-order valence-corrected chi connectivity index (χ2v) is 5.23. The van der Waals surface area contributed by atoms with Crippen LogP contribution in [0.25, 0.3) is 5.70 Å². The van der Waals surface area contributed by atoms with E-state index in [1.54, 1.807) is 30.3 Å². The van der Waals surface area contributed by atoms with Crippen LogP contribution in [0.2, 0.25) is 5.02 Å². The number of allylic oxidation sites excluding steroid dienone is 3. The van der Waals surface area contributed by atoms with Gasteiger partial charge in [-0.25, -0.2) is 8.78 Å². The van der Waals surface area contributed by atoms with E-state index in [9.17, 15) is 8.78 Å². The SMILES string of the molecule is C=C1C(Br)=C[C-]=C(c2ccc(Cl)cc2)N1CC(F)F.[Y]. The first kappa shape index (κ1) is 18.0. The molecule has 0 saturated carbocycles. The van der Waals surface area contributed by atoms with Crippen molar-refractivity contribution in [2.45, 2.75) is 6.43 Å². The Balaban J connectivity index is 0.00000200. The molecule has 1 aliphatic heterocycles. The molecule has 0 amide bonds. The Morgan fingerprint density at radius 2 is 1.90 bits per heavy atom. The van der Waals surface area contributed by atoms with Gasteiger partial charge < -0.3 is 4.90 Å². The Kier molecular flexibility index (Phi) is 7.06. The minimum atomic E-state index is -2.46. The maximum atomic E-state index is 12.7. The van der Waals surface area contributed by atoms with Gasteiger partial charge in [-0.05, 0) is 5.70 Å². The van der Waals surface area contributed by atoms with E-state index >= 15 is 0 Å². The Morgan fingerprint density at radius 3 is 2.45 bits per heavy atom. The first-order chi connectivity index (χ1) is 8.99. The Morgan fingerprint density at radius 1 is 1.30 bits per heavy atom. The summed E-state index contributed by atoms with van der Waals surface area (Å²) in [4.78, 5) is 1.44. The van der Waals surface area contributed by atoms with E-state index < -0.39 is 13.0 Å². The molecule has 1 nitrogen and oxygen atoms in total. The third-order valence-electron chi connectivity index (χ3n) is 2.65. The molecule has 0 N–H and O–H groups in total. The van der Waals surface area contributed by atoms with Crippen molar-refractivity contribution in [3.8, 4) is 0 Å². The molecule has 1 aromatic carbocycles. The molecule has 20 heavy (non-hydrogen) atoms. The van der Waals surface area contributed by atoms with Gasteiger partial charge in [-0.2, -0.15) is 12.2 Å². The van der Waals surface area contributed by atoms with Crippen molar-refractivity contribution in [2.24, 2.45) is 0 Å². The Bertz CT molecular complexity index is 555. The van der Waals surface area contributed by atoms with Gasteiger partial charge in [0, 0.05) is 37.7 Å². The number of nitrogens with zero attached hydrogens (tertiary/aromatic N) is 1. The monoisotopic (exact) mass is 433 g/mol. The molecular weight excluding hydrogens is 424 g/mol. The summed E-state index contributed by atoms with van der Waals surface area (Å²) < 4.78 is 26.0. The van der Waals surface area contributed by atoms with Crippen molar-refractivity contribution in [2.75, 3.05) is 6.54 Å². The van der Waals surface area contributed by atoms with E-state index in [1.165, 1.54) is 4.90 Å². The molecule has 0 atom stereocenters. The molecule has 1 aromatic rings. The van der Waals surface area contributed by atoms with Crippen molar-refractivity contribution in [1.82, 2.24) is 4.90 Å². The van der Waals surface area contributed by atoms with E-state index in [-0.39, 0.29) is 32.7 Å². The van der Waals surface area contributed by atoms with Crippen LogP contribution in [-0.4, -0.2) is 17.9 Å². The van der Waals surface area contributed by atoms with Crippen LogP contribution >= 0.6 is 27.5 Å². The molecule has 0 aromatic heterocycles. The number of hydrogen-bond acceptors (Lipinski definition) is 1. The number of benzene rings is 1. The summed E-state index contributed by atoms with van der Waals surface area (Å²) >= 11 is 9.10. The zero-order chi connectivity index (χ0) is 14.0. The second kappa shape index (κ2) is 7.83. The summed E-state index contributed by atoms with van der Waals surface area (Å²) in [5.41, 5.74) is 1.82. The largest absolute Gasteiger partial charge is 0.369 e. The maximum Gasteiger partial charge on any atom is 0.256 e. The van der Waals surface area contributed by atoms with Gasteiger partial charge in [0.25, 0.3) is 6.43 Å². The van der Waals surface area contributed by atoms with Gasteiger partial charge in [-0.3, -0.25) is 0 Å². The molecule has 0 fully saturated rings. The molecule has 0 saturated heterocycles.